The average Bonchev–Trinajstić information content (AvgIpc) is 1.91. The van der Waals surface area contributed by atoms with Crippen molar-refractivity contribution in [2.24, 2.45) is 0 Å². The number of hydrogen-bond acceptors (Lipinski definition) is 1. The summed E-state index contributed by atoms with van der Waals surface area (Å²) in [6.45, 7) is 3.66. The molecule has 0 amide bonds. The molecule has 9 heavy (non-hydrogen) atoms. The predicted molar refractivity (Wildman–Crippen MR) is 47.6 cm³/mol. The SMILES string of the molecule is CCCCN([AsH]C)[AsH]C. The number of unbranched alkanes of at least 4 members (excludes halogenated alkanes) is 1. The molecule has 56 valence electrons. The van der Waals surface area contributed by atoms with Gasteiger partial charge in [-0.15, -0.1) is 0 Å². The fourth-order valence-electron chi connectivity index (χ4n) is 0.652. The summed E-state index contributed by atoms with van der Waals surface area (Å²) in [5.74, 6) is 0. The van der Waals surface area contributed by atoms with Crippen LogP contribution in [-0.2, 0) is 0 Å². The molecule has 0 aliphatic rings. The molecule has 0 heterocycles. The van der Waals surface area contributed by atoms with Crippen molar-refractivity contribution in [3.8, 4) is 0 Å². The van der Waals surface area contributed by atoms with Crippen LogP contribution in [0.4, 0.5) is 0 Å². The molecule has 2 unspecified atom stereocenters. The van der Waals surface area contributed by atoms with E-state index in [-0.39, 0.29) is 0 Å². The van der Waals surface area contributed by atoms with Gasteiger partial charge in [-0.05, 0) is 0 Å². The first-order valence-electron chi connectivity index (χ1n) is 3.47. The molecule has 0 bridgehead atoms. The third kappa shape index (κ3) is 5.52. The molecule has 1 nitrogen and oxygen atoms in total. The van der Waals surface area contributed by atoms with Crippen LogP contribution in [0, 0.1) is 0 Å². The summed E-state index contributed by atoms with van der Waals surface area (Å²) >= 11 is 0.606. The Bertz CT molecular complexity index is 55.0. The van der Waals surface area contributed by atoms with Crippen molar-refractivity contribution in [1.82, 2.24) is 2.73 Å². The molecule has 0 aliphatic carbocycles. The van der Waals surface area contributed by atoms with Crippen LogP contribution in [-0.4, -0.2) is 41.2 Å². The van der Waals surface area contributed by atoms with E-state index >= 15 is 0 Å². The van der Waals surface area contributed by atoms with Crippen LogP contribution in [0.1, 0.15) is 19.8 Å². The van der Waals surface area contributed by atoms with Crippen molar-refractivity contribution >= 4 is 32.0 Å². The fourth-order valence-corrected chi connectivity index (χ4v) is 5.16. The van der Waals surface area contributed by atoms with Gasteiger partial charge in [0.2, 0.25) is 0 Å². The Hall–Kier alpha value is 1.08. The molecule has 0 fully saturated rings. The molecule has 0 spiro atoms. The van der Waals surface area contributed by atoms with Gasteiger partial charge in [-0.25, -0.2) is 0 Å². The van der Waals surface area contributed by atoms with Crippen molar-refractivity contribution in [2.45, 2.75) is 31.2 Å². The molecule has 3 heteroatoms. The molecule has 0 aromatic rings. The molecule has 0 saturated heterocycles. The predicted octanol–water partition coefficient (Wildman–Crippen LogP) is 0.888. The first-order chi connectivity index (χ1) is 4.35. The van der Waals surface area contributed by atoms with E-state index in [1.165, 1.54) is 19.4 Å². The molecule has 0 aliphatic heterocycles. The minimum atomic E-state index is 0.303. The fraction of sp³-hybridized carbons (Fsp3) is 1.00. The van der Waals surface area contributed by atoms with Crippen molar-refractivity contribution in [1.29, 1.82) is 0 Å². The van der Waals surface area contributed by atoms with Gasteiger partial charge >= 0.3 is 72.4 Å². The minimum absolute atomic E-state index is 0.303. The number of rotatable bonds is 5. The zero-order valence-electron chi connectivity index (χ0n) is 6.57. The van der Waals surface area contributed by atoms with Gasteiger partial charge in [0.15, 0.2) is 0 Å². The summed E-state index contributed by atoms with van der Waals surface area (Å²) in [5.41, 5.74) is 4.76. The second-order valence-corrected chi connectivity index (χ2v) is 8.06. The van der Waals surface area contributed by atoms with E-state index in [0.717, 1.165) is 0 Å². The van der Waals surface area contributed by atoms with Gasteiger partial charge in [-0.2, -0.15) is 0 Å². The van der Waals surface area contributed by atoms with Crippen LogP contribution in [0.2, 0.25) is 11.4 Å². The summed E-state index contributed by atoms with van der Waals surface area (Å²) < 4.78 is 2.71. The van der Waals surface area contributed by atoms with E-state index in [9.17, 15) is 0 Å². The van der Waals surface area contributed by atoms with Gasteiger partial charge in [0.05, 0.1) is 0 Å². The van der Waals surface area contributed by atoms with Crippen molar-refractivity contribution in [3.05, 3.63) is 0 Å². The Kier molecular flexibility index (Phi) is 8.05. The second kappa shape index (κ2) is 7.19. The summed E-state index contributed by atoms with van der Waals surface area (Å²) in [5, 5.41) is 0. The molecular formula is C6H17As2N. The third-order valence-corrected chi connectivity index (χ3v) is 9.35. The van der Waals surface area contributed by atoms with Crippen molar-refractivity contribution < 1.29 is 0 Å². The zero-order chi connectivity index (χ0) is 7.11. The summed E-state index contributed by atoms with van der Waals surface area (Å²) in [6.07, 6.45) is 2.77. The van der Waals surface area contributed by atoms with Gasteiger partial charge in [0.1, 0.15) is 0 Å². The monoisotopic (exact) mass is 253 g/mol. The van der Waals surface area contributed by atoms with E-state index < -0.39 is 0 Å². The topological polar surface area (TPSA) is 3.24 Å². The van der Waals surface area contributed by atoms with E-state index in [0.29, 0.717) is 32.0 Å². The Morgan fingerprint density at radius 2 is 1.78 bits per heavy atom. The average molecular weight is 253 g/mol. The van der Waals surface area contributed by atoms with Crippen LogP contribution in [0.15, 0.2) is 0 Å². The van der Waals surface area contributed by atoms with Crippen LogP contribution in [0.25, 0.3) is 0 Å². The van der Waals surface area contributed by atoms with Crippen LogP contribution < -0.4 is 0 Å². The molecule has 2 atom stereocenters. The van der Waals surface area contributed by atoms with Gasteiger partial charge in [-0.3, -0.25) is 0 Å². The van der Waals surface area contributed by atoms with E-state index in [1.54, 1.807) is 0 Å². The molecule has 0 aromatic carbocycles. The van der Waals surface area contributed by atoms with Crippen LogP contribution in [0.3, 0.4) is 0 Å². The van der Waals surface area contributed by atoms with Gasteiger partial charge in [0, 0.05) is 0 Å². The Morgan fingerprint density at radius 1 is 1.22 bits per heavy atom. The number of nitrogens with zero attached hydrogens (tertiary/aromatic N) is 1. The molecule has 0 saturated carbocycles. The molecule has 0 aromatic heterocycles. The Morgan fingerprint density at radius 3 is 2.11 bits per heavy atom. The molecule has 0 rings (SSSR count). The zero-order valence-corrected chi connectivity index (χ0v) is 10.8. The van der Waals surface area contributed by atoms with Crippen molar-refractivity contribution in [3.63, 3.8) is 0 Å². The summed E-state index contributed by atoms with van der Waals surface area (Å²) in [6, 6.07) is 0. The van der Waals surface area contributed by atoms with E-state index in [1.807, 2.05) is 0 Å². The van der Waals surface area contributed by atoms with Crippen molar-refractivity contribution in [2.75, 3.05) is 6.54 Å². The standard InChI is InChI=1S/C6H17As2N/c1-4-5-6-9(7-2)8-3/h7-8H,4-6H2,1-3H3. The summed E-state index contributed by atoms with van der Waals surface area (Å²) in [7, 11) is 0. The first kappa shape index (κ1) is 10.1. The van der Waals surface area contributed by atoms with Gasteiger partial charge < -0.3 is 0 Å². The summed E-state index contributed by atoms with van der Waals surface area (Å²) in [4.78, 5) is 0. The van der Waals surface area contributed by atoms with Crippen LogP contribution >= 0.6 is 0 Å². The van der Waals surface area contributed by atoms with Gasteiger partial charge in [0.25, 0.3) is 0 Å². The van der Waals surface area contributed by atoms with E-state index in [4.69, 9.17) is 0 Å². The first-order valence-corrected chi connectivity index (χ1v) is 9.54. The van der Waals surface area contributed by atoms with Crippen LogP contribution in [0.5, 0.6) is 0 Å². The number of hydrogen-bond donors (Lipinski definition) is 0. The van der Waals surface area contributed by atoms with E-state index in [2.05, 4.69) is 21.1 Å². The molecular weight excluding hydrogens is 236 g/mol. The second-order valence-electron chi connectivity index (χ2n) is 1.95. The Labute approximate surface area is 72.4 Å². The maximum atomic E-state index is 2.71. The third-order valence-electron chi connectivity index (χ3n) is 1.28. The Balaban J connectivity index is 3.09. The van der Waals surface area contributed by atoms with Gasteiger partial charge in [-0.1, -0.05) is 0 Å². The quantitative estimate of drug-likeness (QED) is 0.658. The molecule has 0 N–H and O–H groups in total. The normalized spacial score (nSPS) is 13.3. The maximum absolute atomic E-state index is 2.71. The molecule has 0 radical (unpaired) electrons.